The molecule has 5 rings (SSSR count). The molecule has 148 valence electrons. The molecule has 1 fully saturated rings. The summed E-state index contributed by atoms with van der Waals surface area (Å²) < 4.78 is 11.5. The van der Waals surface area contributed by atoms with E-state index in [1.165, 1.54) is 0 Å². The molecule has 1 N–H and O–H groups in total. The fourth-order valence-corrected chi connectivity index (χ4v) is 3.89. The van der Waals surface area contributed by atoms with E-state index in [-0.39, 0.29) is 18.4 Å². The first kappa shape index (κ1) is 17.6. The highest BCUT2D eigenvalue weighted by atomic mass is 16.6. The Morgan fingerprint density at radius 1 is 0.897 bits per heavy atom. The summed E-state index contributed by atoms with van der Waals surface area (Å²) in [6.07, 6.45) is 1.11. The molecule has 29 heavy (non-hydrogen) atoms. The molecule has 0 saturated carbocycles. The minimum Gasteiger partial charge on any atom is -0.485 e. The second kappa shape index (κ2) is 7.16. The Morgan fingerprint density at radius 3 is 2.41 bits per heavy atom. The van der Waals surface area contributed by atoms with Gasteiger partial charge in [0.15, 0.2) is 11.5 Å². The quantitative estimate of drug-likeness (QED) is 0.727. The van der Waals surface area contributed by atoms with E-state index in [1.54, 1.807) is 22.1 Å². The molecule has 1 atom stereocenters. The number of rotatable bonds is 2. The molecule has 7 nitrogen and oxygen atoms in total. The fraction of sp³-hybridized carbons (Fsp3) is 0.273. The molecule has 0 aliphatic carbocycles. The van der Waals surface area contributed by atoms with Crippen molar-refractivity contribution in [1.29, 1.82) is 0 Å². The zero-order chi connectivity index (χ0) is 19.8. The Bertz CT molecular complexity index is 1070. The Hall–Kier alpha value is -3.48. The van der Waals surface area contributed by atoms with Gasteiger partial charge in [0.25, 0.3) is 11.8 Å². The molecule has 1 unspecified atom stereocenters. The van der Waals surface area contributed by atoms with Gasteiger partial charge in [-0.15, -0.1) is 0 Å². The number of fused-ring (bicyclic) bond motifs is 2. The molecule has 0 spiro atoms. The Morgan fingerprint density at radius 2 is 1.59 bits per heavy atom. The smallest absolute Gasteiger partial charge is 0.267 e. The highest BCUT2D eigenvalue weighted by Gasteiger charge is 2.33. The number of nitrogens with zero attached hydrogens (tertiary/aromatic N) is 2. The van der Waals surface area contributed by atoms with E-state index in [9.17, 15) is 9.59 Å². The molecule has 0 radical (unpaired) electrons. The molecule has 1 saturated heterocycles. The van der Waals surface area contributed by atoms with Crippen LogP contribution in [-0.4, -0.2) is 65.5 Å². The molecule has 3 aromatic rings. The first-order chi connectivity index (χ1) is 14.2. The van der Waals surface area contributed by atoms with E-state index < -0.39 is 6.10 Å². The third-order valence-corrected chi connectivity index (χ3v) is 5.48. The maximum absolute atomic E-state index is 12.9. The van der Waals surface area contributed by atoms with Crippen LogP contribution in [-0.2, 0) is 4.79 Å². The summed E-state index contributed by atoms with van der Waals surface area (Å²) in [6, 6.07) is 15.1. The number of hydrogen-bond acceptors (Lipinski definition) is 4. The monoisotopic (exact) mass is 391 g/mol. The molecular formula is C22H21N3O4. The van der Waals surface area contributed by atoms with Crippen LogP contribution in [0.5, 0.6) is 11.5 Å². The normalized spacial score (nSPS) is 18.7. The van der Waals surface area contributed by atoms with E-state index in [4.69, 9.17) is 9.47 Å². The Kier molecular flexibility index (Phi) is 4.35. The number of ether oxygens (including phenoxy) is 2. The van der Waals surface area contributed by atoms with Crippen molar-refractivity contribution >= 4 is 22.7 Å². The lowest BCUT2D eigenvalue weighted by atomic mass is 10.1. The predicted octanol–water partition coefficient (Wildman–Crippen LogP) is 2.29. The number of aromatic amines is 1. The topological polar surface area (TPSA) is 74.9 Å². The summed E-state index contributed by atoms with van der Waals surface area (Å²) in [5.41, 5.74) is 1.61. The first-order valence-electron chi connectivity index (χ1n) is 9.73. The van der Waals surface area contributed by atoms with E-state index in [0.29, 0.717) is 43.2 Å². The van der Waals surface area contributed by atoms with Crippen molar-refractivity contribution in [3.63, 3.8) is 0 Å². The largest absolute Gasteiger partial charge is 0.485 e. The summed E-state index contributed by atoms with van der Waals surface area (Å²) in [6.45, 7) is 2.15. The van der Waals surface area contributed by atoms with Gasteiger partial charge in [0, 0.05) is 43.3 Å². The zero-order valence-electron chi connectivity index (χ0n) is 15.8. The number of piperazine rings is 1. The summed E-state index contributed by atoms with van der Waals surface area (Å²) >= 11 is 0. The zero-order valence-corrected chi connectivity index (χ0v) is 15.8. The number of amides is 2. The lowest BCUT2D eigenvalue weighted by molar-refractivity contribution is -0.142. The maximum Gasteiger partial charge on any atom is 0.267 e. The van der Waals surface area contributed by atoms with Crippen LogP contribution in [0, 0.1) is 0 Å². The van der Waals surface area contributed by atoms with Crippen molar-refractivity contribution in [3.05, 3.63) is 60.3 Å². The SMILES string of the molecule is O=C(c1c[nH]c2ccccc12)N1CCN(C(=O)C2COc3ccccc3O2)CC1. The molecule has 0 bridgehead atoms. The van der Waals surface area contributed by atoms with Crippen molar-refractivity contribution in [3.8, 4) is 11.5 Å². The summed E-state index contributed by atoms with van der Waals surface area (Å²) in [5, 5.41) is 0.919. The van der Waals surface area contributed by atoms with Gasteiger partial charge >= 0.3 is 0 Å². The van der Waals surface area contributed by atoms with Gasteiger partial charge < -0.3 is 24.3 Å². The summed E-state index contributed by atoms with van der Waals surface area (Å²) in [4.78, 5) is 32.5. The van der Waals surface area contributed by atoms with Gasteiger partial charge in [0.05, 0.1) is 5.56 Å². The van der Waals surface area contributed by atoms with E-state index in [2.05, 4.69) is 4.98 Å². The van der Waals surface area contributed by atoms with Crippen molar-refractivity contribution in [1.82, 2.24) is 14.8 Å². The summed E-state index contributed by atoms with van der Waals surface area (Å²) in [7, 11) is 0. The molecule has 2 aliphatic rings. The minimum atomic E-state index is -0.652. The van der Waals surface area contributed by atoms with Gasteiger partial charge in [-0.2, -0.15) is 0 Å². The highest BCUT2D eigenvalue weighted by Crippen LogP contribution is 2.31. The predicted molar refractivity (Wildman–Crippen MR) is 107 cm³/mol. The first-order valence-corrected chi connectivity index (χ1v) is 9.73. The lowest BCUT2D eigenvalue weighted by Gasteiger charge is -2.37. The maximum atomic E-state index is 12.9. The molecule has 7 heteroatoms. The van der Waals surface area contributed by atoms with Crippen molar-refractivity contribution in [2.45, 2.75) is 6.10 Å². The van der Waals surface area contributed by atoms with Crippen LogP contribution >= 0.6 is 0 Å². The van der Waals surface area contributed by atoms with E-state index in [1.807, 2.05) is 42.5 Å². The molecule has 2 amide bonds. The number of benzene rings is 2. The molecule has 1 aromatic heterocycles. The van der Waals surface area contributed by atoms with E-state index in [0.717, 1.165) is 10.9 Å². The van der Waals surface area contributed by atoms with Crippen molar-refractivity contribution in [2.75, 3.05) is 32.8 Å². The van der Waals surface area contributed by atoms with Gasteiger partial charge in [0.1, 0.15) is 6.61 Å². The number of nitrogens with one attached hydrogen (secondary N) is 1. The number of carbonyl (C=O) groups excluding carboxylic acids is 2. The van der Waals surface area contributed by atoms with Gasteiger partial charge in [-0.1, -0.05) is 30.3 Å². The Labute approximate surface area is 167 Å². The lowest BCUT2D eigenvalue weighted by Crippen LogP contribution is -2.55. The second-order valence-electron chi connectivity index (χ2n) is 7.23. The minimum absolute atomic E-state index is 0.0132. The van der Waals surface area contributed by atoms with Crippen LogP contribution in [0.15, 0.2) is 54.7 Å². The van der Waals surface area contributed by atoms with Crippen LogP contribution in [0.4, 0.5) is 0 Å². The molecule has 2 aliphatic heterocycles. The van der Waals surface area contributed by atoms with Crippen LogP contribution in [0.25, 0.3) is 10.9 Å². The Balaban J connectivity index is 1.22. The van der Waals surface area contributed by atoms with Gasteiger partial charge in [0.2, 0.25) is 6.10 Å². The van der Waals surface area contributed by atoms with Crippen molar-refractivity contribution in [2.24, 2.45) is 0 Å². The standard InChI is InChI=1S/C22H21N3O4/c26-21(16-13-23-17-6-2-1-5-15(16)17)24-9-11-25(12-10-24)22(27)20-14-28-18-7-3-4-8-19(18)29-20/h1-8,13,20,23H,9-12,14H2. The number of aromatic nitrogens is 1. The fourth-order valence-electron chi connectivity index (χ4n) is 3.89. The second-order valence-corrected chi connectivity index (χ2v) is 7.23. The number of para-hydroxylation sites is 3. The number of H-pyrrole nitrogens is 1. The average molecular weight is 391 g/mol. The molecule has 3 heterocycles. The third kappa shape index (κ3) is 3.18. The molecule has 2 aromatic carbocycles. The highest BCUT2D eigenvalue weighted by molar-refractivity contribution is 6.06. The summed E-state index contributed by atoms with van der Waals surface area (Å²) in [5.74, 6) is 1.13. The van der Waals surface area contributed by atoms with Crippen molar-refractivity contribution < 1.29 is 19.1 Å². The van der Waals surface area contributed by atoms with Gasteiger partial charge in [-0.25, -0.2) is 0 Å². The van der Waals surface area contributed by atoms with Gasteiger partial charge in [-0.05, 0) is 18.2 Å². The molecular weight excluding hydrogens is 370 g/mol. The number of carbonyl (C=O) groups is 2. The van der Waals surface area contributed by atoms with Crippen LogP contribution < -0.4 is 9.47 Å². The van der Waals surface area contributed by atoms with Crippen LogP contribution in [0.3, 0.4) is 0 Å². The average Bonchev–Trinajstić information content (AvgIpc) is 3.22. The van der Waals surface area contributed by atoms with Crippen LogP contribution in [0.2, 0.25) is 0 Å². The van der Waals surface area contributed by atoms with Crippen LogP contribution in [0.1, 0.15) is 10.4 Å². The van der Waals surface area contributed by atoms with Gasteiger partial charge in [-0.3, -0.25) is 9.59 Å². The van der Waals surface area contributed by atoms with E-state index >= 15 is 0 Å². The number of hydrogen-bond donors (Lipinski definition) is 1. The third-order valence-electron chi connectivity index (χ3n) is 5.48.